The SMILES string of the molecule is Cc1cccc(Oc2c(F)cc(CBr)cc2F)c1. The quantitative estimate of drug-likeness (QED) is 0.728. The van der Waals surface area contributed by atoms with Crippen molar-refractivity contribution in [3.05, 3.63) is 59.2 Å². The van der Waals surface area contributed by atoms with E-state index in [0.717, 1.165) is 5.56 Å². The summed E-state index contributed by atoms with van der Waals surface area (Å²) >= 11 is 3.15. The monoisotopic (exact) mass is 312 g/mol. The Morgan fingerprint density at radius 2 is 1.78 bits per heavy atom. The van der Waals surface area contributed by atoms with Crippen molar-refractivity contribution in [2.24, 2.45) is 0 Å². The summed E-state index contributed by atoms with van der Waals surface area (Å²) in [5.74, 6) is -1.36. The maximum atomic E-state index is 13.7. The lowest BCUT2D eigenvalue weighted by Gasteiger charge is -2.09. The molecule has 0 spiro atoms. The van der Waals surface area contributed by atoms with Crippen LogP contribution in [0.25, 0.3) is 0 Å². The van der Waals surface area contributed by atoms with E-state index in [1.807, 2.05) is 13.0 Å². The fourth-order valence-corrected chi connectivity index (χ4v) is 1.91. The summed E-state index contributed by atoms with van der Waals surface area (Å²) in [6, 6.07) is 9.54. The Bertz CT molecular complexity index is 546. The molecule has 0 aliphatic carbocycles. The molecule has 0 unspecified atom stereocenters. The average Bonchev–Trinajstić information content (AvgIpc) is 2.33. The number of alkyl halides is 1. The summed E-state index contributed by atoms with van der Waals surface area (Å²) in [4.78, 5) is 0. The molecule has 2 rings (SSSR count). The lowest BCUT2D eigenvalue weighted by molar-refractivity contribution is 0.406. The Morgan fingerprint density at radius 3 is 2.33 bits per heavy atom. The Morgan fingerprint density at radius 1 is 1.11 bits per heavy atom. The van der Waals surface area contributed by atoms with Crippen LogP contribution < -0.4 is 4.74 Å². The van der Waals surface area contributed by atoms with Crippen molar-refractivity contribution in [3.63, 3.8) is 0 Å². The predicted octanol–water partition coefficient (Wildman–Crippen LogP) is 4.96. The van der Waals surface area contributed by atoms with Gasteiger partial charge in [0.1, 0.15) is 5.75 Å². The maximum Gasteiger partial charge on any atom is 0.198 e. The highest BCUT2D eigenvalue weighted by molar-refractivity contribution is 9.08. The summed E-state index contributed by atoms with van der Waals surface area (Å²) in [6.07, 6.45) is 0. The van der Waals surface area contributed by atoms with Gasteiger partial charge in [0.25, 0.3) is 0 Å². The molecule has 2 aromatic rings. The van der Waals surface area contributed by atoms with Gasteiger partial charge in [-0.25, -0.2) is 8.78 Å². The normalized spacial score (nSPS) is 10.4. The van der Waals surface area contributed by atoms with Gasteiger partial charge in [-0.3, -0.25) is 0 Å². The van der Waals surface area contributed by atoms with Crippen molar-refractivity contribution in [2.45, 2.75) is 12.3 Å². The lowest BCUT2D eigenvalue weighted by Crippen LogP contribution is -1.95. The first-order valence-corrected chi connectivity index (χ1v) is 6.50. The third-order valence-corrected chi connectivity index (χ3v) is 3.07. The maximum absolute atomic E-state index is 13.7. The van der Waals surface area contributed by atoms with E-state index in [9.17, 15) is 8.78 Å². The summed E-state index contributed by atoms with van der Waals surface area (Å²) < 4.78 is 32.7. The van der Waals surface area contributed by atoms with E-state index in [1.54, 1.807) is 18.2 Å². The molecule has 0 aromatic heterocycles. The molecule has 0 saturated heterocycles. The molecule has 18 heavy (non-hydrogen) atoms. The lowest BCUT2D eigenvalue weighted by atomic mass is 10.2. The number of halogens is 3. The van der Waals surface area contributed by atoms with E-state index in [1.165, 1.54) is 12.1 Å². The first kappa shape index (κ1) is 13.0. The largest absolute Gasteiger partial charge is 0.451 e. The molecule has 0 radical (unpaired) electrons. The third-order valence-electron chi connectivity index (χ3n) is 2.42. The second-order valence-corrected chi connectivity index (χ2v) is 4.50. The van der Waals surface area contributed by atoms with Crippen molar-refractivity contribution in [3.8, 4) is 11.5 Å². The standard InChI is InChI=1S/C14H11BrF2O/c1-9-3-2-4-11(5-9)18-14-12(16)6-10(8-15)7-13(14)17/h2-7H,8H2,1H3. The molecule has 0 N–H and O–H groups in total. The Balaban J connectivity index is 2.35. The van der Waals surface area contributed by atoms with Crippen LogP contribution in [-0.2, 0) is 5.33 Å². The average molecular weight is 313 g/mol. The van der Waals surface area contributed by atoms with Crippen LogP contribution in [0.15, 0.2) is 36.4 Å². The Labute approximate surface area is 113 Å². The minimum atomic E-state index is -0.703. The molecule has 0 amide bonds. The van der Waals surface area contributed by atoms with Crippen LogP contribution in [0, 0.1) is 18.6 Å². The van der Waals surface area contributed by atoms with E-state index in [0.29, 0.717) is 16.6 Å². The molecule has 0 bridgehead atoms. The van der Waals surface area contributed by atoms with E-state index >= 15 is 0 Å². The summed E-state index contributed by atoms with van der Waals surface area (Å²) in [5, 5.41) is 0.394. The number of hydrogen-bond donors (Lipinski definition) is 0. The van der Waals surface area contributed by atoms with E-state index in [-0.39, 0.29) is 5.75 Å². The number of benzene rings is 2. The first-order valence-electron chi connectivity index (χ1n) is 5.38. The second kappa shape index (κ2) is 5.48. The topological polar surface area (TPSA) is 9.23 Å². The van der Waals surface area contributed by atoms with Crippen LogP contribution in [0.5, 0.6) is 11.5 Å². The van der Waals surface area contributed by atoms with Gasteiger partial charge in [-0.1, -0.05) is 28.1 Å². The highest BCUT2D eigenvalue weighted by Crippen LogP contribution is 2.29. The highest BCUT2D eigenvalue weighted by atomic mass is 79.9. The molecule has 0 atom stereocenters. The van der Waals surface area contributed by atoms with Crippen LogP contribution in [0.2, 0.25) is 0 Å². The van der Waals surface area contributed by atoms with Gasteiger partial charge >= 0.3 is 0 Å². The van der Waals surface area contributed by atoms with Crippen molar-refractivity contribution < 1.29 is 13.5 Å². The molecule has 0 aliphatic heterocycles. The minimum Gasteiger partial charge on any atom is -0.451 e. The predicted molar refractivity (Wildman–Crippen MR) is 70.2 cm³/mol. The molecule has 1 nitrogen and oxygen atoms in total. The van der Waals surface area contributed by atoms with Gasteiger partial charge in [-0.2, -0.15) is 0 Å². The van der Waals surface area contributed by atoms with Crippen molar-refractivity contribution in [2.75, 3.05) is 0 Å². The minimum absolute atomic E-state index is 0.370. The van der Waals surface area contributed by atoms with Gasteiger partial charge in [0.2, 0.25) is 0 Å². The van der Waals surface area contributed by atoms with Crippen molar-refractivity contribution >= 4 is 15.9 Å². The van der Waals surface area contributed by atoms with Gasteiger partial charge in [-0.15, -0.1) is 0 Å². The number of ether oxygens (including phenoxy) is 1. The fourth-order valence-electron chi connectivity index (χ4n) is 1.58. The van der Waals surface area contributed by atoms with Crippen LogP contribution in [-0.4, -0.2) is 0 Å². The van der Waals surface area contributed by atoms with Crippen LogP contribution >= 0.6 is 15.9 Å². The molecular weight excluding hydrogens is 302 g/mol. The van der Waals surface area contributed by atoms with Gasteiger partial charge in [0.15, 0.2) is 17.4 Å². The van der Waals surface area contributed by atoms with Crippen LogP contribution in [0.1, 0.15) is 11.1 Å². The van der Waals surface area contributed by atoms with Gasteiger partial charge in [-0.05, 0) is 42.3 Å². The van der Waals surface area contributed by atoms with Crippen molar-refractivity contribution in [1.82, 2.24) is 0 Å². The van der Waals surface area contributed by atoms with E-state index in [2.05, 4.69) is 15.9 Å². The molecule has 94 valence electrons. The highest BCUT2D eigenvalue weighted by Gasteiger charge is 2.13. The number of hydrogen-bond acceptors (Lipinski definition) is 1. The zero-order valence-corrected chi connectivity index (χ0v) is 11.3. The third kappa shape index (κ3) is 2.88. The fraction of sp³-hybridized carbons (Fsp3) is 0.143. The molecule has 2 aromatic carbocycles. The Hall–Kier alpha value is -1.42. The van der Waals surface area contributed by atoms with Gasteiger partial charge in [0.05, 0.1) is 0 Å². The van der Waals surface area contributed by atoms with Crippen LogP contribution in [0.3, 0.4) is 0 Å². The number of aryl methyl sites for hydroxylation is 1. The Kier molecular flexibility index (Phi) is 3.97. The molecule has 0 aliphatic rings. The summed E-state index contributed by atoms with van der Waals surface area (Å²) in [5.41, 5.74) is 1.49. The zero-order valence-electron chi connectivity index (χ0n) is 9.71. The molecule has 0 fully saturated rings. The molecule has 0 saturated carbocycles. The smallest absolute Gasteiger partial charge is 0.198 e. The molecular formula is C14H11BrF2O. The first-order chi connectivity index (χ1) is 8.60. The van der Waals surface area contributed by atoms with E-state index < -0.39 is 11.6 Å². The van der Waals surface area contributed by atoms with Gasteiger partial charge in [0, 0.05) is 5.33 Å². The zero-order chi connectivity index (χ0) is 13.1. The van der Waals surface area contributed by atoms with Gasteiger partial charge < -0.3 is 4.74 Å². The molecule has 4 heteroatoms. The second-order valence-electron chi connectivity index (χ2n) is 3.94. The summed E-state index contributed by atoms with van der Waals surface area (Å²) in [6.45, 7) is 1.88. The number of rotatable bonds is 3. The van der Waals surface area contributed by atoms with Crippen LogP contribution in [0.4, 0.5) is 8.78 Å². The van der Waals surface area contributed by atoms with Crippen molar-refractivity contribution in [1.29, 1.82) is 0 Å². The summed E-state index contributed by atoms with van der Waals surface area (Å²) in [7, 11) is 0. The molecule has 0 heterocycles. The van der Waals surface area contributed by atoms with E-state index in [4.69, 9.17) is 4.74 Å².